The fourth-order valence-electron chi connectivity index (χ4n) is 4.72. The summed E-state index contributed by atoms with van der Waals surface area (Å²) in [4.78, 5) is 27.1. The van der Waals surface area contributed by atoms with Crippen LogP contribution in [0.15, 0.2) is 36.7 Å². The van der Waals surface area contributed by atoms with Crippen LogP contribution in [0.3, 0.4) is 0 Å². The Hall–Kier alpha value is -2.87. The Bertz CT molecular complexity index is 886. The highest BCUT2D eigenvalue weighted by atomic mass is 16.6. The molecule has 30 heavy (non-hydrogen) atoms. The van der Waals surface area contributed by atoms with Crippen LogP contribution in [0.2, 0.25) is 0 Å². The van der Waals surface area contributed by atoms with Crippen LogP contribution in [0.25, 0.3) is 0 Å². The lowest BCUT2D eigenvalue weighted by atomic mass is 10.0. The SMILES string of the molecule is O=C(C[NH+]1CCC[C@@H]1c1ccc2c(c1)OCCO2)N1CCN(c2ncccn2)CC1. The normalized spacial score (nSPS) is 23.5. The molecule has 4 heterocycles. The second kappa shape index (κ2) is 8.47. The molecule has 8 heteroatoms. The third-order valence-electron chi connectivity index (χ3n) is 6.30. The maximum atomic E-state index is 13.0. The lowest BCUT2D eigenvalue weighted by Crippen LogP contribution is -3.11. The number of aromatic nitrogens is 2. The summed E-state index contributed by atoms with van der Waals surface area (Å²) < 4.78 is 11.4. The van der Waals surface area contributed by atoms with Crippen molar-refractivity contribution in [3.8, 4) is 11.5 Å². The van der Waals surface area contributed by atoms with E-state index in [2.05, 4.69) is 27.0 Å². The van der Waals surface area contributed by atoms with Crippen LogP contribution in [-0.2, 0) is 4.79 Å². The summed E-state index contributed by atoms with van der Waals surface area (Å²) in [7, 11) is 0. The van der Waals surface area contributed by atoms with Crippen molar-refractivity contribution >= 4 is 11.9 Å². The fraction of sp³-hybridized carbons (Fsp3) is 0.500. The molecule has 8 nitrogen and oxygen atoms in total. The van der Waals surface area contributed by atoms with Gasteiger partial charge in [-0.1, -0.05) is 0 Å². The number of hydrogen-bond acceptors (Lipinski definition) is 6. The lowest BCUT2D eigenvalue weighted by molar-refractivity contribution is -0.910. The molecule has 3 aliphatic rings. The first-order valence-electron chi connectivity index (χ1n) is 10.8. The molecule has 5 rings (SSSR count). The number of anilines is 1. The van der Waals surface area contributed by atoms with Gasteiger partial charge in [-0.25, -0.2) is 9.97 Å². The molecule has 2 atom stereocenters. The number of carbonyl (C=O) groups excluding carboxylic acids is 1. The molecule has 0 spiro atoms. The molecular weight excluding hydrogens is 382 g/mol. The highest BCUT2D eigenvalue weighted by Gasteiger charge is 2.34. The first-order valence-corrected chi connectivity index (χ1v) is 10.8. The number of hydrogen-bond donors (Lipinski definition) is 1. The molecule has 0 saturated carbocycles. The van der Waals surface area contributed by atoms with Gasteiger partial charge in [-0.15, -0.1) is 0 Å². The van der Waals surface area contributed by atoms with Crippen LogP contribution in [-0.4, -0.2) is 73.3 Å². The van der Waals surface area contributed by atoms with Gasteiger partial charge in [0.15, 0.2) is 18.0 Å². The number of likely N-dealkylation sites (tertiary alicyclic amines) is 1. The summed E-state index contributed by atoms with van der Waals surface area (Å²) in [5.74, 6) is 2.63. The van der Waals surface area contributed by atoms with Crippen molar-refractivity contribution in [2.45, 2.75) is 18.9 Å². The van der Waals surface area contributed by atoms with Crippen molar-refractivity contribution in [2.75, 3.05) is 57.4 Å². The van der Waals surface area contributed by atoms with E-state index in [4.69, 9.17) is 9.47 Å². The van der Waals surface area contributed by atoms with Crippen LogP contribution in [0.1, 0.15) is 24.4 Å². The van der Waals surface area contributed by atoms with Gasteiger partial charge in [0.1, 0.15) is 19.3 Å². The minimum Gasteiger partial charge on any atom is -0.486 e. The second-order valence-electron chi connectivity index (χ2n) is 8.10. The Morgan fingerprint density at radius 1 is 1.07 bits per heavy atom. The lowest BCUT2D eigenvalue weighted by Gasteiger charge is -2.35. The quantitative estimate of drug-likeness (QED) is 0.783. The first-order chi connectivity index (χ1) is 14.8. The summed E-state index contributed by atoms with van der Waals surface area (Å²) in [6, 6.07) is 8.40. The van der Waals surface area contributed by atoms with Crippen LogP contribution < -0.4 is 19.3 Å². The summed E-state index contributed by atoms with van der Waals surface area (Å²) in [5.41, 5.74) is 1.24. The standard InChI is InChI=1S/C22H27N5O3/c28-21(25-9-11-26(12-10-25)22-23-6-2-7-24-22)16-27-8-1-3-18(27)17-4-5-19-20(15-17)30-14-13-29-19/h2,4-7,15,18H,1,3,8-14,16H2/p+1/t18-/m1/s1. The zero-order valence-corrected chi connectivity index (χ0v) is 17.1. The van der Waals surface area contributed by atoms with E-state index in [0.29, 0.717) is 25.8 Å². The Morgan fingerprint density at radius 3 is 2.63 bits per heavy atom. The van der Waals surface area contributed by atoms with Gasteiger partial charge in [0, 0.05) is 57.0 Å². The zero-order valence-electron chi connectivity index (χ0n) is 17.1. The zero-order chi connectivity index (χ0) is 20.3. The number of carbonyl (C=O) groups is 1. The minimum absolute atomic E-state index is 0.239. The van der Waals surface area contributed by atoms with E-state index >= 15 is 0 Å². The van der Waals surface area contributed by atoms with E-state index < -0.39 is 0 Å². The number of ether oxygens (including phenoxy) is 2. The molecule has 3 aliphatic heterocycles. The smallest absolute Gasteiger partial charge is 0.277 e. The first kappa shape index (κ1) is 19.1. The largest absolute Gasteiger partial charge is 0.486 e. The number of benzene rings is 1. The third-order valence-corrected chi connectivity index (χ3v) is 6.30. The van der Waals surface area contributed by atoms with Crippen LogP contribution >= 0.6 is 0 Å². The Morgan fingerprint density at radius 2 is 1.83 bits per heavy atom. The van der Waals surface area contributed by atoms with E-state index in [-0.39, 0.29) is 5.91 Å². The van der Waals surface area contributed by atoms with Crippen LogP contribution in [0.4, 0.5) is 5.95 Å². The number of piperazine rings is 1. The van der Waals surface area contributed by atoms with Gasteiger partial charge >= 0.3 is 0 Å². The van der Waals surface area contributed by atoms with Crippen LogP contribution in [0.5, 0.6) is 11.5 Å². The Kier molecular flexibility index (Phi) is 5.40. The number of nitrogens with one attached hydrogen (secondary N) is 1. The highest BCUT2D eigenvalue weighted by Crippen LogP contribution is 2.33. The summed E-state index contributed by atoms with van der Waals surface area (Å²) >= 11 is 0. The molecule has 1 unspecified atom stereocenters. The van der Waals surface area contributed by atoms with Gasteiger partial charge < -0.3 is 24.2 Å². The second-order valence-corrected chi connectivity index (χ2v) is 8.10. The fourth-order valence-corrected chi connectivity index (χ4v) is 4.72. The van der Waals surface area contributed by atoms with Crippen molar-refractivity contribution in [3.05, 3.63) is 42.2 Å². The summed E-state index contributed by atoms with van der Waals surface area (Å²) in [6.45, 7) is 5.76. The van der Waals surface area contributed by atoms with Gasteiger partial charge in [0.05, 0.1) is 6.54 Å². The molecule has 1 N–H and O–H groups in total. The van der Waals surface area contributed by atoms with Crippen molar-refractivity contribution < 1.29 is 19.2 Å². The monoisotopic (exact) mass is 410 g/mol. The van der Waals surface area contributed by atoms with E-state index in [0.717, 1.165) is 63.0 Å². The number of rotatable bonds is 4. The van der Waals surface area contributed by atoms with Gasteiger partial charge in [-0.3, -0.25) is 4.79 Å². The van der Waals surface area contributed by atoms with Gasteiger partial charge in [0.2, 0.25) is 5.95 Å². The maximum absolute atomic E-state index is 13.0. The predicted octanol–water partition coefficient (Wildman–Crippen LogP) is 0.316. The molecule has 158 valence electrons. The molecule has 0 bridgehead atoms. The van der Waals surface area contributed by atoms with Gasteiger partial charge in [-0.2, -0.15) is 0 Å². The molecule has 2 fully saturated rings. The summed E-state index contributed by atoms with van der Waals surface area (Å²) in [5, 5.41) is 0. The molecule has 2 saturated heterocycles. The maximum Gasteiger partial charge on any atom is 0.277 e. The minimum atomic E-state index is 0.239. The van der Waals surface area contributed by atoms with E-state index in [1.54, 1.807) is 12.4 Å². The number of fused-ring (bicyclic) bond motifs is 1. The third kappa shape index (κ3) is 3.92. The molecule has 1 aromatic carbocycles. The highest BCUT2D eigenvalue weighted by molar-refractivity contribution is 5.77. The number of nitrogens with zero attached hydrogens (tertiary/aromatic N) is 4. The average molecular weight is 410 g/mol. The molecule has 0 aliphatic carbocycles. The van der Waals surface area contributed by atoms with Crippen molar-refractivity contribution in [1.82, 2.24) is 14.9 Å². The van der Waals surface area contributed by atoms with Gasteiger partial charge in [0.25, 0.3) is 5.91 Å². The van der Waals surface area contributed by atoms with E-state index in [9.17, 15) is 4.79 Å². The molecule has 1 aromatic heterocycles. The average Bonchev–Trinajstić information content (AvgIpc) is 3.27. The van der Waals surface area contributed by atoms with Crippen molar-refractivity contribution in [2.24, 2.45) is 0 Å². The molecule has 2 aromatic rings. The molecule has 1 amide bonds. The number of amides is 1. The van der Waals surface area contributed by atoms with E-state index in [1.807, 2.05) is 17.0 Å². The number of quaternary nitrogens is 1. The topological polar surface area (TPSA) is 72.2 Å². The summed E-state index contributed by atoms with van der Waals surface area (Å²) in [6.07, 6.45) is 5.76. The molecular formula is C22H28N5O3+. The Labute approximate surface area is 176 Å². The Balaban J connectivity index is 1.20. The predicted molar refractivity (Wildman–Crippen MR) is 111 cm³/mol. The van der Waals surface area contributed by atoms with Crippen molar-refractivity contribution in [3.63, 3.8) is 0 Å². The van der Waals surface area contributed by atoms with E-state index in [1.165, 1.54) is 10.5 Å². The van der Waals surface area contributed by atoms with Gasteiger partial charge in [-0.05, 0) is 24.3 Å². The van der Waals surface area contributed by atoms with Crippen LogP contribution in [0, 0.1) is 0 Å². The van der Waals surface area contributed by atoms with Crippen molar-refractivity contribution in [1.29, 1.82) is 0 Å². The molecule has 0 radical (unpaired) electrons.